The Morgan fingerprint density at radius 3 is 2.66 bits per heavy atom. The van der Waals surface area contributed by atoms with E-state index < -0.39 is 33.6 Å². The van der Waals surface area contributed by atoms with Crippen LogP contribution in [-0.2, 0) is 15.8 Å². The number of benzene rings is 1. The number of aliphatic hydroxyl groups is 1. The van der Waals surface area contributed by atoms with Crippen LogP contribution in [0.3, 0.4) is 0 Å². The van der Waals surface area contributed by atoms with Crippen LogP contribution in [0, 0.1) is 17.6 Å². The molecule has 1 fully saturated rings. The second-order valence-corrected chi connectivity index (χ2v) is 8.28. The Morgan fingerprint density at radius 1 is 1.41 bits per heavy atom. The van der Waals surface area contributed by atoms with Crippen LogP contribution >= 0.6 is 11.6 Å². The van der Waals surface area contributed by atoms with E-state index in [2.05, 4.69) is 4.98 Å². The van der Waals surface area contributed by atoms with Crippen molar-refractivity contribution in [3.8, 4) is 17.0 Å². The number of pyridine rings is 1. The van der Waals surface area contributed by atoms with Gasteiger partial charge in [-0.1, -0.05) is 11.6 Å². The highest BCUT2D eigenvalue weighted by atomic mass is 35.5. The second kappa shape index (κ2) is 6.62. The van der Waals surface area contributed by atoms with Crippen molar-refractivity contribution in [1.82, 2.24) is 4.98 Å². The molecule has 0 bridgehead atoms. The fraction of sp³-hybridized carbons (Fsp3) is 0.400. The summed E-state index contributed by atoms with van der Waals surface area (Å²) in [4.78, 5) is 16.7. The van der Waals surface area contributed by atoms with E-state index >= 15 is 0 Å². The number of amides is 1. The van der Waals surface area contributed by atoms with Crippen molar-refractivity contribution in [2.45, 2.75) is 30.8 Å². The predicted molar refractivity (Wildman–Crippen MR) is 102 cm³/mol. The minimum Gasteiger partial charge on any atom is -0.489 e. The van der Waals surface area contributed by atoms with Crippen LogP contribution in [0.2, 0.25) is 5.02 Å². The summed E-state index contributed by atoms with van der Waals surface area (Å²) in [6.07, 6.45) is 1.56. The summed E-state index contributed by atoms with van der Waals surface area (Å²) in [7, 11) is 0. The lowest BCUT2D eigenvalue weighted by atomic mass is 9.81. The van der Waals surface area contributed by atoms with Gasteiger partial charge in [-0.25, -0.2) is 13.8 Å². The van der Waals surface area contributed by atoms with Crippen LogP contribution in [0.15, 0.2) is 18.2 Å². The van der Waals surface area contributed by atoms with E-state index in [0.717, 1.165) is 18.9 Å². The largest absolute Gasteiger partial charge is 0.489 e. The number of carbonyl (C=O) groups excluding carboxylic acids is 1. The van der Waals surface area contributed by atoms with Gasteiger partial charge in [-0.15, -0.1) is 0 Å². The molecule has 4 rings (SSSR count). The van der Waals surface area contributed by atoms with Crippen LogP contribution in [0.4, 0.5) is 8.78 Å². The molecule has 1 aromatic heterocycles. The van der Waals surface area contributed by atoms with E-state index in [1.54, 1.807) is 13.0 Å². The molecule has 1 aliphatic heterocycles. The Labute approximate surface area is 170 Å². The number of halogens is 3. The molecular formula is C20H20ClF2N3O3. The van der Waals surface area contributed by atoms with Crippen molar-refractivity contribution in [2.75, 3.05) is 13.2 Å². The number of fused-ring (bicyclic) bond motifs is 1. The quantitative estimate of drug-likeness (QED) is 0.639. The minimum atomic E-state index is -1.42. The van der Waals surface area contributed by atoms with Crippen LogP contribution in [0.1, 0.15) is 31.0 Å². The highest BCUT2D eigenvalue weighted by Crippen LogP contribution is 2.49. The van der Waals surface area contributed by atoms with E-state index in [0.29, 0.717) is 5.56 Å². The summed E-state index contributed by atoms with van der Waals surface area (Å²) >= 11 is 5.82. The molecule has 2 aliphatic rings. The van der Waals surface area contributed by atoms with Crippen LogP contribution < -0.4 is 16.2 Å². The first kappa shape index (κ1) is 20.0. The van der Waals surface area contributed by atoms with Gasteiger partial charge in [0.2, 0.25) is 5.91 Å². The number of aromatic nitrogens is 1. The zero-order chi connectivity index (χ0) is 21.1. The molecule has 1 saturated carbocycles. The van der Waals surface area contributed by atoms with Gasteiger partial charge < -0.3 is 21.3 Å². The first-order chi connectivity index (χ1) is 13.6. The lowest BCUT2D eigenvalue weighted by Crippen LogP contribution is -2.41. The monoisotopic (exact) mass is 423 g/mol. The molecule has 1 aromatic carbocycles. The maximum absolute atomic E-state index is 14.0. The Hall–Kier alpha value is -2.29. The number of hydrogen-bond donors (Lipinski definition) is 3. The number of nitrogens with zero attached hydrogens (tertiary/aromatic N) is 1. The molecule has 1 aliphatic carbocycles. The number of hydrogen-bond acceptors (Lipinski definition) is 5. The molecule has 0 spiro atoms. The number of primary amides is 1. The zero-order valence-electron chi connectivity index (χ0n) is 15.6. The van der Waals surface area contributed by atoms with E-state index in [-0.39, 0.29) is 41.8 Å². The topological polar surface area (TPSA) is 111 Å². The van der Waals surface area contributed by atoms with Gasteiger partial charge in [0.25, 0.3) is 0 Å². The SMILES string of the molecule is C[C@]1(C(N)=O)COc2c1cc(C(O)(CN)C1CC1)nc2-c1cc(F)c(F)c(Cl)c1. The smallest absolute Gasteiger partial charge is 0.231 e. The van der Waals surface area contributed by atoms with Crippen molar-refractivity contribution in [3.05, 3.63) is 46.1 Å². The molecule has 0 saturated heterocycles. The molecule has 29 heavy (non-hydrogen) atoms. The molecule has 5 N–H and O–H groups in total. The Morgan fingerprint density at radius 2 is 2.10 bits per heavy atom. The maximum Gasteiger partial charge on any atom is 0.231 e. The molecule has 9 heteroatoms. The average molecular weight is 424 g/mol. The second-order valence-electron chi connectivity index (χ2n) is 7.87. The highest BCUT2D eigenvalue weighted by molar-refractivity contribution is 6.31. The normalized spacial score (nSPS) is 22.7. The van der Waals surface area contributed by atoms with Crippen LogP contribution in [0.5, 0.6) is 5.75 Å². The summed E-state index contributed by atoms with van der Waals surface area (Å²) in [5, 5.41) is 10.8. The van der Waals surface area contributed by atoms with Gasteiger partial charge in [0.1, 0.15) is 29.1 Å². The molecule has 1 unspecified atom stereocenters. The van der Waals surface area contributed by atoms with Gasteiger partial charge >= 0.3 is 0 Å². The molecule has 2 atom stereocenters. The van der Waals surface area contributed by atoms with Crippen molar-refractivity contribution in [1.29, 1.82) is 0 Å². The third-order valence-corrected chi connectivity index (χ3v) is 6.16. The average Bonchev–Trinajstić information content (AvgIpc) is 3.49. The third kappa shape index (κ3) is 2.97. The van der Waals surface area contributed by atoms with Crippen molar-refractivity contribution >= 4 is 17.5 Å². The third-order valence-electron chi connectivity index (χ3n) is 5.88. The number of ether oxygens (including phenoxy) is 1. The molecule has 2 aromatic rings. The molecule has 2 heterocycles. The van der Waals surface area contributed by atoms with Crippen molar-refractivity contribution in [2.24, 2.45) is 17.4 Å². The minimum absolute atomic E-state index is 0.0440. The van der Waals surface area contributed by atoms with E-state index in [1.165, 1.54) is 6.07 Å². The van der Waals surface area contributed by atoms with Gasteiger partial charge in [0.05, 0.1) is 10.7 Å². The zero-order valence-corrected chi connectivity index (χ0v) is 16.4. The van der Waals surface area contributed by atoms with Gasteiger partial charge in [-0.2, -0.15) is 0 Å². The summed E-state index contributed by atoms with van der Waals surface area (Å²) < 4.78 is 33.4. The highest BCUT2D eigenvalue weighted by Gasteiger charge is 2.49. The van der Waals surface area contributed by atoms with Crippen molar-refractivity contribution < 1.29 is 23.4 Å². The lowest BCUT2D eigenvalue weighted by Gasteiger charge is -2.28. The van der Waals surface area contributed by atoms with Crippen LogP contribution in [-0.4, -0.2) is 29.1 Å². The molecular weight excluding hydrogens is 404 g/mol. The molecule has 0 radical (unpaired) electrons. The number of rotatable bonds is 5. The summed E-state index contributed by atoms with van der Waals surface area (Å²) in [6, 6.07) is 3.73. The van der Waals surface area contributed by atoms with E-state index in [4.69, 9.17) is 27.8 Å². The summed E-state index contributed by atoms with van der Waals surface area (Å²) in [5.74, 6) is -2.82. The Kier molecular flexibility index (Phi) is 4.56. The maximum atomic E-state index is 14.0. The first-order valence-electron chi connectivity index (χ1n) is 9.18. The molecule has 154 valence electrons. The lowest BCUT2D eigenvalue weighted by molar-refractivity contribution is -0.123. The van der Waals surface area contributed by atoms with E-state index in [9.17, 15) is 18.7 Å². The van der Waals surface area contributed by atoms with Gasteiger partial charge in [0, 0.05) is 17.7 Å². The Balaban J connectivity index is 2.00. The van der Waals surface area contributed by atoms with Crippen molar-refractivity contribution in [3.63, 3.8) is 0 Å². The van der Waals surface area contributed by atoms with E-state index in [1.807, 2.05) is 0 Å². The molecule has 1 amide bonds. The number of nitrogens with two attached hydrogens (primary N) is 2. The van der Waals surface area contributed by atoms with Gasteiger partial charge in [-0.05, 0) is 43.9 Å². The fourth-order valence-electron chi connectivity index (χ4n) is 3.74. The summed E-state index contributed by atoms with van der Waals surface area (Å²) in [6.45, 7) is 1.48. The Bertz CT molecular complexity index is 1010. The predicted octanol–water partition coefficient (Wildman–Crippen LogP) is 2.37. The van der Waals surface area contributed by atoms with Gasteiger partial charge in [-0.3, -0.25) is 4.79 Å². The fourth-order valence-corrected chi connectivity index (χ4v) is 3.95. The van der Waals surface area contributed by atoms with Crippen LogP contribution in [0.25, 0.3) is 11.3 Å². The number of carbonyl (C=O) groups is 1. The first-order valence-corrected chi connectivity index (χ1v) is 9.55. The van der Waals surface area contributed by atoms with Gasteiger partial charge in [0.15, 0.2) is 11.6 Å². The molecule has 6 nitrogen and oxygen atoms in total. The standard InChI is InChI=1S/C20H20ClF2N3O3/c1-19(18(25)27)8-29-17-11(19)6-14(20(28,7-24)10-2-3-10)26-16(17)9-4-12(21)15(23)13(22)5-9/h4-6,10,28H,2-3,7-8,24H2,1H3,(H2,25,27)/t19-,20?/m0/s1. The summed E-state index contributed by atoms with van der Waals surface area (Å²) in [5.41, 5.74) is 9.81.